The van der Waals surface area contributed by atoms with Crippen LogP contribution in [0.4, 0.5) is 14.9 Å². The number of halogens is 1. The highest BCUT2D eigenvalue weighted by Crippen LogP contribution is 2.33. The highest BCUT2D eigenvalue weighted by atomic mass is 19.1. The van der Waals surface area contributed by atoms with Crippen molar-refractivity contribution in [2.24, 2.45) is 11.7 Å². The highest BCUT2D eigenvalue weighted by Gasteiger charge is 2.31. The summed E-state index contributed by atoms with van der Waals surface area (Å²) in [5.41, 5.74) is 9.56. The molecule has 2 atom stereocenters. The molecule has 1 aliphatic rings. The molecule has 0 radical (unpaired) electrons. The summed E-state index contributed by atoms with van der Waals surface area (Å²) in [6.45, 7) is 8.43. The molecule has 10 nitrogen and oxygen atoms in total. The molecule has 1 aromatic carbocycles. The number of esters is 1. The number of carbonyl (C=O) groups is 3. The molecular formula is C22H32FN5O5. The number of anilines is 1. The van der Waals surface area contributed by atoms with Crippen LogP contribution in [-0.2, 0) is 9.53 Å². The first kappa shape index (κ1) is 26.0. The monoisotopic (exact) mass is 465 g/mol. The number of hydrogen-bond donors (Lipinski definition) is 6. The number of carbonyl (C=O) groups excluding carboxylic acids is 2. The maximum atomic E-state index is 15.1. The van der Waals surface area contributed by atoms with E-state index in [1.165, 1.54) is 0 Å². The summed E-state index contributed by atoms with van der Waals surface area (Å²) in [6.07, 6.45) is 0.290. The Bertz CT molecular complexity index is 955. The third kappa shape index (κ3) is 7.14. The van der Waals surface area contributed by atoms with Gasteiger partial charge in [-0.25, -0.2) is 14.6 Å². The summed E-state index contributed by atoms with van der Waals surface area (Å²) >= 11 is 0. The molecule has 1 aromatic rings. The van der Waals surface area contributed by atoms with Gasteiger partial charge in [0.05, 0.1) is 11.3 Å². The van der Waals surface area contributed by atoms with E-state index < -0.39 is 41.3 Å². The van der Waals surface area contributed by atoms with Crippen LogP contribution in [0.25, 0.3) is 0 Å². The number of nitrogens with two attached hydrogens (primary N) is 1. The van der Waals surface area contributed by atoms with Crippen molar-refractivity contribution in [3.63, 3.8) is 0 Å². The zero-order valence-corrected chi connectivity index (χ0v) is 19.5. The molecule has 182 valence electrons. The third-order valence-corrected chi connectivity index (χ3v) is 5.10. The normalized spacial score (nSPS) is 15.2. The molecule has 1 fully saturated rings. The molecular weight excluding hydrogens is 433 g/mol. The Hall–Kier alpha value is -3.21. The molecule has 1 saturated carbocycles. The van der Waals surface area contributed by atoms with Crippen molar-refractivity contribution in [3.05, 3.63) is 28.6 Å². The Balaban J connectivity index is 2.29. The average molecular weight is 466 g/mol. The zero-order chi connectivity index (χ0) is 25.1. The van der Waals surface area contributed by atoms with E-state index in [9.17, 15) is 14.4 Å². The first-order valence-electron chi connectivity index (χ1n) is 10.7. The van der Waals surface area contributed by atoms with Crippen LogP contribution in [0.1, 0.15) is 68.4 Å². The lowest BCUT2D eigenvalue weighted by Gasteiger charge is -2.25. The van der Waals surface area contributed by atoms with Crippen LogP contribution in [0.5, 0.6) is 0 Å². The van der Waals surface area contributed by atoms with Crippen LogP contribution in [0.15, 0.2) is 6.07 Å². The molecule has 0 bridgehead atoms. The summed E-state index contributed by atoms with van der Waals surface area (Å²) in [7, 11) is 0. The minimum Gasteiger partial charge on any atom is -0.464 e. The smallest absolute Gasteiger partial charge is 0.423 e. The topological polar surface area (TPSA) is 167 Å². The van der Waals surface area contributed by atoms with Gasteiger partial charge in [-0.2, -0.15) is 0 Å². The van der Waals surface area contributed by atoms with Crippen molar-refractivity contribution in [2.75, 3.05) is 5.32 Å². The predicted molar refractivity (Wildman–Crippen MR) is 121 cm³/mol. The zero-order valence-electron chi connectivity index (χ0n) is 19.5. The average Bonchev–Trinajstić information content (AvgIpc) is 3.50. The van der Waals surface area contributed by atoms with Gasteiger partial charge in [-0.05, 0) is 64.5 Å². The van der Waals surface area contributed by atoms with Gasteiger partial charge in [-0.15, -0.1) is 0 Å². The summed E-state index contributed by atoms with van der Waals surface area (Å²) in [6, 6.07) is 0.0812. The highest BCUT2D eigenvalue weighted by molar-refractivity contribution is 6.06. The lowest BCUT2D eigenvalue weighted by molar-refractivity contribution is -0.157. The van der Waals surface area contributed by atoms with E-state index in [1.807, 2.05) is 5.43 Å². The minimum absolute atomic E-state index is 0.00383. The van der Waals surface area contributed by atoms with Crippen molar-refractivity contribution >= 4 is 29.4 Å². The van der Waals surface area contributed by atoms with Crippen molar-refractivity contribution in [2.45, 2.75) is 71.6 Å². The van der Waals surface area contributed by atoms with Crippen molar-refractivity contribution in [3.8, 4) is 0 Å². The van der Waals surface area contributed by atoms with E-state index in [4.69, 9.17) is 21.0 Å². The van der Waals surface area contributed by atoms with Crippen molar-refractivity contribution < 1.29 is 28.6 Å². The van der Waals surface area contributed by atoms with Crippen LogP contribution in [0.3, 0.4) is 0 Å². The molecule has 2 unspecified atom stereocenters. The Morgan fingerprint density at radius 1 is 1.30 bits per heavy atom. The second-order valence-electron chi connectivity index (χ2n) is 9.30. The SMILES string of the molecule is Cc1c(NC2CC2)c(C(=O)NNC(=O)O)cc(F)c1C(=N)CC(C)C(N)C(=O)OC(C)(C)C. The fraction of sp³-hybridized carbons (Fsp3) is 0.545. The molecule has 33 heavy (non-hydrogen) atoms. The number of benzene rings is 1. The first-order valence-corrected chi connectivity index (χ1v) is 10.7. The van der Waals surface area contributed by atoms with E-state index in [1.54, 1.807) is 40.0 Å². The van der Waals surface area contributed by atoms with Crippen LogP contribution in [0, 0.1) is 24.1 Å². The van der Waals surface area contributed by atoms with E-state index in [0.717, 1.165) is 18.9 Å². The summed E-state index contributed by atoms with van der Waals surface area (Å²) in [5, 5.41) is 20.4. The number of ether oxygens (including phenoxy) is 1. The Labute approximate surface area is 191 Å². The number of amides is 2. The van der Waals surface area contributed by atoms with Gasteiger partial charge in [0.2, 0.25) is 0 Å². The molecule has 1 aliphatic carbocycles. The number of hydrogen-bond acceptors (Lipinski definition) is 7. The standard InChI is InChI=1S/C22H32FN5O5/c1-10(17(25)20(30)33-22(3,4)5)8-15(24)16-11(2)18(26-12-6-7-12)13(9-14(16)23)19(29)27-28-21(31)32/h9-10,12,17,24,26,28H,6-8,25H2,1-5H3,(H,27,29)(H,31,32). The second kappa shape index (κ2) is 10.2. The lowest BCUT2D eigenvalue weighted by Crippen LogP contribution is -2.42. The summed E-state index contributed by atoms with van der Waals surface area (Å²) in [4.78, 5) is 35.4. The Morgan fingerprint density at radius 3 is 2.42 bits per heavy atom. The van der Waals surface area contributed by atoms with Gasteiger partial charge in [-0.3, -0.25) is 15.0 Å². The van der Waals surface area contributed by atoms with E-state index in [-0.39, 0.29) is 29.3 Å². The fourth-order valence-electron chi connectivity index (χ4n) is 3.28. The van der Waals surface area contributed by atoms with Gasteiger partial charge in [0.1, 0.15) is 17.5 Å². The van der Waals surface area contributed by atoms with Crippen LogP contribution in [-0.4, -0.2) is 46.5 Å². The van der Waals surface area contributed by atoms with Gasteiger partial charge in [-0.1, -0.05) is 6.92 Å². The number of nitrogens with one attached hydrogen (secondary N) is 4. The molecule has 0 aliphatic heterocycles. The quantitative estimate of drug-likeness (QED) is 0.195. The van der Waals surface area contributed by atoms with Gasteiger partial charge in [0.15, 0.2) is 0 Å². The van der Waals surface area contributed by atoms with Crippen molar-refractivity contribution in [1.82, 2.24) is 10.9 Å². The van der Waals surface area contributed by atoms with E-state index >= 15 is 4.39 Å². The molecule has 2 rings (SSSR count). The largest absolute Gasteiger partial charge is 0.464 e. The lowest BCUT2D eigenvalue weighted by atomic mass is 9.89. The molecule has 0 aromatic heterocycles. The van der Waals surface area contributed by atoms with Gasteiger partial charge < -0.3 is 26.3 Å². The minimum atomic E-state index is -1.47. The number of rotatable bonds is 8. The molecule has 0 saturated heterocycles. The maximum Gasteiger partial charge on any atom is 0.423 e. The Kier molecular flexibility index (Phi) is 8.02. The summed E-state index contributed by atoms with van der Waals surface area (Å²) < 4.78 is 20.4. The fourth-order valence-corrected chi connectivity index (χ4v) is 3.28. The Morgan fingerprint density at radius 2 is 1.91 bits per heavy atom. The second-order valence-corrected chi connectivity index (χ2v) is 9.30. The van der Waals surface area contributed by atoms with Gasteiger partial charge in [0, 0.05) is 17.3 Å². The summed E-state index contributed by atoms with van der Waals surface area (Å²) in [5.74, 6) is -2.75. The molecule has 2 amide bonds. The number of carboxylic acid groups (broad SMARTS) is 1. The molecule has 0 spiro atoms. The maximum absolute atomic E-state index is 15.1. The van der Waals surface area contributed by atoms with E-state index in [2.05, 4.69) is 5.32 Å². The number of hydrazine groups is 1. The molecule has 7 N–H and O–H groups in total. The third-order valence-electron chi connectivity index (χ3n) is 5.10. The van der Waals surface area contributed by atoms with Crippen LogP contribution in [0.2, 0.25) is 0 Å². The molecule has 11 heteroatoms. The molecule has 0 heterocycles. The van der Waals surface area contributed by atoms with Gasteiger partial charge >= 0.3 is 12.1 Å². The first-order chi connectivity index (χ1) is 15.2. The van der Waals surface area contributed by atoms with Crippen molar-refractivity contribution in [1.29, 1.82) is 5.41 Å². The predicted octanol–water partition coefficient (Wildman–Crippen LogP) is 2.68. The van der Waals surface area contributed by atoms with Crippen LogP contribution < -0.4 is 21.9 Å². The van der Waals surface area contributed by atoms with Gasteiger partial charge in [0.25, 0.3) is 5.91 Å². The van der Waals surface area contributed by atoms with E-state index in [0.29, 0.717) is 11.3 Å². The van der Waals surface area contributed by atoms with Crippen LogP contribution >= 0.6 is 0 Å².